The number of hydrogen-bond acceptors (Lipinski definition) is 4. The molecule has 1 N–H and O–H groups in total. The SMILES string of the molecule is CCC(NS(=O)(=O)c1ccc(Br)s1)c1ccc(OC)cc1. The fourth-order valence-electron chi connectivity index (χ4n) is 1.91. The molecule has 0 aliphatic heterocycles. The maximum atomic E-state index is 12.4. The van der Waals surface area contributed by atoms with Crippen LogP contribution in [0.5, 0.6) is 5.75 Å². The lowest BCUT2D eigenvalue weighted by molar-refractivity contribution is 0.414. The molecule has 2 aromatic rings. The second kappa shape index (κ2) is 6.91. The molecule has 0 aliphatic rings. The van der Waals surface area contributed by atoms with Gasteiger partial charge in [-0.15, -0.1) is 11.3 Å². The van der Waals surface area contributed by atoms with Crippen LogP contribution in [0.4, 0.5) is 0 Å². The van der Waals surface area contributed by atoms with E-state index >= 15 is 0 Å². The van der Waals surface area contributed by atoms with Crippen molar-refractivity contribution < 1.29 is 13.2 Å². The Morgan fingerprint density at radius 2 is 1.90 bits per heavy atom. The van der Waals surface area contributed by atoms with Gasteiger partial charge in [0.25, 0.3) is 10.0 Å². The Hall–Kier alpha value is -0.890. The highest BCUT2D eigenvalue weighted by molar-refractivity contribution is 9.11. The first-order valence-electron chi connectivity index (χ1n) is 6.38. The summed E-state index contributed by atoms with van der Waals surface area (Å²) in [5.74, 6) is 0.749. The molecule has 1 aromatic heterocycles. The molecule has 1 unspecified atom stereocenters. The highest BCUT2D eigenvalue weighted by Gasteiger charge is 2.21. The molecule has 7 heteroatoms. The van der Waals surface area contributed by atoms with Crippen molar-refractivity contribution in [2.75, 3.05) is 7.11 Å². The van der Waals surface area contributed by atoms with E-state index in [1.165, 1.54) is 11.3 Å². The molecule has 1 atom stereocenters. The standard InChI is InChI=1S/C14H16BrNO3S2/c1-3-12(10-4-6-11(19-2)7-5-10)16-21(17,18)14-9-8-13(15)20-14/h4-9,12,16H,3H2,1-2H3. The van der Waals surface area contributed by atoms with Crippen LogP contribution in [-0.4, -0.2) is 15.5 Å². The lowest BCUT2D eigenvalue weighted by Gasteiger charge is -2.17. The van der Waals surface area contributed by atoms with Crippen LogP contribution in [0.15, 0.2) is 44.4 Å². The van der Waals surface area contributed by atoms with Gasteiger partial charge in [-0.2, -0.15) is 0 Å². The molecule has 4 nitrogen and oxygen atoms in total. The third kappa shape index (κ3) is 4.06. The third-order valence-electron chi connectivity index (χ3n) is 3.04. The molecule has 21 heavy (non-hydrogen) atoms. The minimum Gasteiger partial charge on any atom is -0.497 e. The minimum absolute atomic E-state index is 0.262. The van der Waals surface area contributed by atoms with Crippen LogP contribution in [0.25, 0.3) is 0 Å². The molecule has 1 aromatic carbocycles. The Morgan fingerprint density at radius 3 is 2.38 bits per heavy atom. The van der Waals surface area contributed by atoms with E-state index in [-0.39, 0.29) is 6.04 Å². The maximum Gasteiger partial charge on any atom is 0.250 e. The number of nitrogens with one attached hydrogen (secondary N) is 1. The van der Waals surface area contributed by atoms with E-state index in [1.807, 2.05) is 31.2 Å². The van der Waals surface area contributed by atoms with Crippen LogP contribution < -0.4 is 9.46 Å². The molecule has 0 radical (unpaired) electrons. The summed E-state index contributed by atoms with van der Waals surface area (Å²) in [6.45, 7) is 1.95. The molecule has 2 rings (SSSR count). The van der Waals surface area contributed by atoms with Crippen molar-refractivity contribution in [3.63, 3.8) is 0 Å². The van der Waals surface area contributed by atoms with Crippen molar-refractivity contribution in [3.8, 4) is 5.75 Å². The average molecular weight is 390 g/mol. The molecular weight excluding hydrogens is 374 g/mol. The Kier molecular flexibility index (Phi) is 5.43. The zero-order valence-corrected chi connectivity index (χ0v) is 14.9. The van der Waals surface area contributed by atoms with E-state index in [9.17, 15) is 8.42 Å². The van der Waals surface area contributed by atoms with E-state index in [1.54, 1.807) is 19.2 Å². The zero-order chi connectivity index (χ0) is 15.5. The van der Waals surface area contributed by atoms with E-state index in [0.29, 0.717) is 10.6 Å². The quantitative estimate of drug-likeness (QED) is 0.813. The number of ether oxygens (including phenoxy) is 1. The van der Waals surface area contributed by atoms with Crippen LogP contribution in [0.3, 0.4) is 0 Å². The number of thiophene rings is 1. The molecule has 0 fully saturated rings. The van der Waals surface area contributed by atoms with E-state index in [0.717, 1.165) is 15.1 Å². The first-order valence-corrected chi connectivity index (χ1v) is 9.47. The Balaban J connectivity index is 2.21. The monoisotopic (exact) mass is 389 g/mol. The van der Waals surface area contributed by atoms with Crippen LogP contribution in [-0.2, 0) is 10.0 Å². The van der Waals surface area contributed by atoms with Gasteiger partial charge in [-0.3, -0.25) is 0 Å². The van der Waals surface area contributed by atoms with Crippen molar-refractivity contribution in [1.82, 2.24) is 4.72 Å². The van der Waals surface area contributed by atoms with E-state index < -0.39 is 10.0 Å². The van der Waals surface area contributed by atoms with Gasteiger partial charge in [0, 0.05) is 6.04 Å². The lowest BCUT2D eigenvalue weighted by Crippen LogP contribution is -2.27. The van der Waals surface area contributed by atoms with Crippen LogP contribution in [0, 0.1) is 0 Å². The van der Waals surface area contributed by atoms with Gasteiger partial charge in [-0.1, -0.05) is 19.1 Å². The smallest absolute Gasteiger partial charge is 0.250 e. The summed E-state index contributed by atoms with van der Waals surface area (Å²) >= 11 is 4.48. The molecule has 0 spiro atoms. The molecule has 0 saturated heterocycles. The summed E-state index contributed by atoms with van der Waals surface area (Å²) in [5, 5.41) is 0. The second-order valence-electron chi connectivity index (χ2n) is 4.41. The van der Waals surface area contributed by atoms with Crippen LogP contribution >= 0.6 is 27.3 Å². The van der Waals surface area contributed by atoms with Gasteiger partial charge in [-0.05, 0) is 52.2 Å². The lowest BCUT2D eigenvalue weighted by atomic mass is 10.1. The largest absolute Gasteiger partial charge is 0.497 e. The number of halogens is 1. The molecule has 0 amide bonds. The molecule has 0 saturated carbocycles. The molecule has 114 valence electrons. The number of hydrogen-bond donors (Lipinski definition) is 1. The van der Waals surface area contributed by atoms with Crippen molar-refractivity contribution >= 4 is 37.3 Å². The summed E-state index contributed by atoms with van der Waals surface area (Å²) < 4.78 is 33.7. The van der Waals surface area contributed by atoms with E-state index in [2.05, 4.69) is 20.7 Å². The van der Waals surface area contributed by atoms with Gasteiger partial charge >= 0.3 is 0 Å². The highest BCUT2D eigenvalue weighted by Crippen LogP contribution is 2.28. The Bertz CT molecular complexity index is 695. The molecular formula is C14H16BrNO3S2. The summed E-state index contributed by atoms with van der Waals surface area (Å²) in [6, 6.07) is 10.5. The fraction of sp³-hybridized carbons (Fsp3) is 0.286. The maximum absolute atomic E-state index is 12.4. The number of benzene rings is 1. The normalized spacial score (nSPS) is 13.1. The predicted molar refractivity (Wildman–Crippen MR) is 88.4 cm³/mol. The summed E-state index contributed by atoms with van der Waals surface area (Å²) in [7, 11) is -1.91. The minimum atomic E-state index is -3.51. The van der Waals surface area contributed by atoms with Crippen molar-refractivity contribution in [3.05, 3.63) is 45.7 Å². The van der Waals surface area contributed by atoms with Crippen molar-refractivity contribution in [2.24, 2.45) is 0 Å². The third-order valence-corrected chi connectivity index (χ3v) is 6.62. The average Bonchev–Trinajstić information content (AvgIpc) is 2.92. The molecule has 0 bridgehead atoms. The summed E-state index contributed by atoms with van der Waals surface area (Å²) in [5.41, 5.74) is 0.914. The summed E-state index contributed by atoms with van der Waals surface area (Å²) in [4.78, 5) is 0. The van der Waals surface area contributed by atoms with Crippen LogP contribution in [0.2, 0.25) is 0 Å². The van der Waals surface area contributed by atoms with Gasteiger partial charge in [0.2, 0.25) is 0 Å². The first-order chi connectivity index (χ1) is 9.96. The first kappa shape index (κ1) is 16.5. The van der Waals surface area contributed by atoms with Crippen molar-refractivity contribution in [1.29, 1.82) is 0 Å². The molecule has 0 aliphatic carbocycles. The van der Waals surface area contributed by atoms with Gasteiger partial charge < -0.3 is 4.74 Å². The topological polar surface area (TPSA) is 55.4 Å². The Morgan fingerprint density at radius 1 is 1.24 bits per heavy atom. The Labute approximate surface area is 137 Å². The zero-order valence-electron chi connectivity index (χ0n) is 11.7. The van der Waals surface area contributed by atoms with Gasteiger partial charge in [0.1, 0.15) is 9.96 Å². The number of rotatable bonds is 6. The van der Waals surface area contributed by atoms with Crippen LogP contribution in [0.1, 0.15) is 24.9 Å². The van der Waals surface area contributed by atoms with Crippen molar-refractivity contribution in [2.45, 2.75) is 23.6 Å². The van der Waals surface area contributed by atoms with Gasteiger partial charge in [0.05, 0.1) is 10.9 Å². The summed E-state index contributed by atoms with van der Waals surface area (Å²) in [6.07, 6.45) is 0.665. The second-order valence-corrected chi connectivity index (χ2v) is 8.82. The van der Waals surface area contributed by atoms with E-state index in [4.69, 9.17) is 4.74 Å². The van der Waals surface area contributed by atoms with Gasteiger partial charge in [0.15, 0.2) is 0 Å². The fourth-order valence-corrected chi connectivity index (χ4v) is 5.25. The highest BCUT2D eigenvalue weighted by atomic mass is 79.9. The predicted octanol–water partition coefficient (Wildman–Crippen LogP) is 3.95. The number of methoxy groups -OCH3 is 1. The van der Waals surface area contributed by atoms with Gasteiger partial charge in [-0.25, -0.2) is 13.1 Å². The number of sulfonamides is 1. The molecule has 1 heterocycles.